The molecule has 3 rings (SSSR count). The molecule has 0 aliphatic rings. The molecule has 0 saturated carbocycles. The molecule has 3 amide bonds. The van der Waals surface area contributed by atoms with Gasteiger partial charge in [0.1, 0.15) is 0 Å². The highest BCUT2D eigenvalue weighted by atomic mass is 35.5. The van der Waals surface area contributed by atoms with E-state index < -0.39 is 11.8 Å². The molecule has 0 atom stereocenters. The van der Waals surface area contributed by atoms with E-state index >= 15 is 0 Å². The van der Waals surface area contributed by atoms with Gasteiger partial charge in [0.05, 0.1) is 23.6 Å². The first-order valence-corrected chi connectivity index (χ1v) is 9.47. The van der Waals surface area contributed by atoms with Gasteiger partial charge in [-0.25, -0.2) is 0 Å². The highest BCUT2D eigenvalue weighted by molar-refractivity contribution is 6.35. The number of carbonyl (C=O) groups is 3. The van der Waals surface area contributed by atoms with Gasteiger partial charge in [-0.05, 0) is 34.5 Å². The van der Waals surface area contributed by atoms with Gasteiger partial charge < -0.3 is 5.32 Å². The number of carbonyl (C=O) groups excluding carboxylic acids is 3. The number of halogens is 2. The molecule has 0 fully saturated rings. The Balaban J connectivity index is 1.49. The van der Waals surface area contributed by atoms with E-state index in [-0.39, 0.29) is 29.5 Å². The number of hydrogen-bond donors (Lipinski definition) is 3. The zero-order valence-corrected chi connectivity index (χ0v) is 16.7. The van der Waals surface area contributed by atoms with Crippen molar-refractivity contribution in [3.63, 3.8) is 0 Å². The molecule has 0 bridgehead atoms. The van der Waals surface area contributed by atoms with Gasteiger partial charge in [0.25, 0.3) is 11.8 Å². The minimum Gasteiger partial charge on any atom is -0.347 e. The molecule has 0 aliphatic heterocycles. The van der Waals surface area contributed by atoms with Crippen LogP contribution in [0.3, 0.4) is 0 Å². The fourth-order valence-corrected chi connectivity index (χ4v) is 3.15. The quantitative estimate of drug-likeness (QED) is 0.543. The lowest BCUT2D eigenvalue weighted by atomic mass is 10.0. The van der Waals surface area contributed by atoms with Gasteiger partial charge in [-0.15, -0.1) is 0 Å². The molecule has 6 nitrogen and oxygen atoms in total. The third kappa shape index (κ3) is 5.47. The van der Waals surface area contributed by atoms with Crippen LogP contribution >= 0.6 is 23.2 Å². The van der Waals surface area contributed by atoms with Crippen LogP contribution in [0.15, 0.2) is 60.7 Å². The van der Waals surface area contributed by atoms with Crippen molar-refractivity contribution in [1.29, 1.82) is 0 Å². The van der Waals surface area contributed by atoms with Gasteiger partial charge >= 0.3 is 0 Å². The predicted octanol–water partition coefficient (Wildman–Crippen LogP) is 3.27. The van der Waals surface area contributed by atoms with Gasteiger partial charge in [-0.2, -0.15) is 0 Å². The van der Waals surface area contributed by atoms with Gasteiger partial charge in [0.2, 0.25) is 5.91 Å². The molecule has 148 valence electrons. The van der Waals surface area contributed by atoms with E-state index in [0.29, 0.717) is 5.02 Å². The molecule has 3 aromatic rings. The number of hydrazine groups is 1. The monoisotopic (exact) mass is 429 g/mol. The summed E-state index contributed by atoms with van der Waals surface area (Å²) in [7, 11) is 0. The van der Waals surface area contributed by atoms with Crippen LogP contribution in [-0.2, 0) is 16.0 Å². The second-order valence-corrected chi connectivity index (χ2v) is 7.06. The molecule has 29 heavy (non-hydrogen) atoms. The Morgan fingerprint density at radius 1 is 0.828 bits per heavy atom. The van der Waals surface area contributed by atoms with E-state index in [1.807, 2.05) is 42.5 Å². The molecule has 3 N–H and O–H groups in total. The molecule has 0 unspecified atom stereocenters. The normalized spacial score (nSPS) is 10.4. The molecule has 0 aliphatic carbocycles. The summed E-state index contributed by atoms with van der Waals surface area (Å²) >= 11 is 11.8. The molecule has 3 aromatic carbocycles. The van der Waals surface area contributed by atoms with E-state index in [1.165, 1.54) is 12.1 Å². The van der Waals surface area contributed by atoms with Crippen LogP contribution in [0.4, 0.5) is 0 Å². The number of benzene rings is 3. The number of rotatable bonds is 5. The summed E-state index contributed by atoms with van der Waals surface area (Å²) in [6.07, 6.45) is 0.138. The van der Waals surface area contributed by atoms with Crippen LogP contribution in [0, 0.1) is 0 Å². The number of amides is 3. The SMILES string of the molecule is O=C(Cc1cccc2ccccc12)NCC(=O)NNC(=O)c1cc(Cl)ccc1Cl. The molecule has 0 heterocycles. The maximum atomic E-state index is 12.2. The Hall–Kier alpha value is -3.09. The number of nitrogens with one attached hydrogen (secondary N) is 3. The Kier molecular flexibility index (Phi) is 6.69. The molecule has 0 spiro atoms. The van der Waals surface area contributed by atoms with Crippen molar-refractivity contribution in [2.24, 2.45) is 0 Å². The maximum Gasteiger partial charge on any atom is 0.271 e. The molecule has 0 aromatic heterocycles. The minimum atomic E-state index is -0.618. The van der Waals surface area contributed by atoms with E-state index in [4.69, 9.17) is 23.2 Å². The topological polar surface area (TPSA) is 87.3 Å². The second kappa shape index (κ2) is 9.41. The third-order valence-electron chi connectivity index (χ3n) is 4.17. The summed E-state index contributed by atoms with van der Waals surface area (Å²) < 4.78 is 0. The molecular weight excluding hydrogens is 413 g/mol. The highest BCUT2D eigenvalue weighted by Crippen LogP contribution is 2.20. The summed E-state index contributed by atoms with van der Waals surface area (Å²) in [4.78, 5) is 36.2. The third-order valence-corrected chi connectivity index (χ3v) is 4.73. The smallest absolute Gasteiger partial charge is 0.271 e. The summed E-state index contributed by atoms with van der Waals surface area (Å²) in [6, 6.07) is 17.9. The molecular formula is C21H17Cl2N3O3. The Morgan fingerprint density at radius 2 is 1.59 bits per heavy atom. The second-order valence-electron chi connectivity index (χ2n) is 6.22. The van der Waals surface area contributed by atoms with Gasteiger partial charge in [-0.1, -0.05) is 65.7 Å². The zero-order chi connectivity index (χ0) is 20.8. The van der Waals surface area contributed by atoms with Crippen molar-refractivity contribution in [3.8, 4) is 0 Å². The summed E-state index contributed by atoms with van der Waals surface area (Å²) in [6.45, 7) is -0.285. The maximum absolute atomic E-state index is 12.2. The minimum absolute atomic E-state index is 0.124. The Morgan fingerprint density at radius 3 is 2.41 bits per heavy atom. The van der Waals surface area contributed by atoms with Crippen LogP contribution in [0.1, 0.15) is 15.9 Å². The van der Waals surface area contributed by atoms with Crippen LogP contribution in [0.25, 0.3) is 10.8 Å². The van der Waals surface area contributed by atoms with Gasteiger partial charge in [-0.3, -0.25) is 25.2 Å². The first-order valence-electron chi connectivity index (χ1n) is 8.71. The summed E-state index contributed by atoms with van der Waals surface area (Å²) in [5.74, 6) is -1.50. The average Bonchev–Trinajstić information content (AvgIpc) is 2.72. The lowest BCUT2D eigenvalue weighted by Crippen LogP contribution is -2.46. The van der Waals surface area contributed by atoms with E-state index in [1.54, 1.807) is 6.07 Å². The Bertz CT molecular complexity index is 1080. The van der Waals surface area contributed by atoms with Crippen LogP contribution in [-0.4, -0.2) is 24.3 Å². The van der Waals surface area contributed by atoms with Gasteiger partial charge in [0, 0.05) is 5.02 Å². The summed E-state index contributed by atoms with van der Waals surface area (Å²) in [5, 5.41) is 5.09. The van der Waals surface area contributed by atoms with E-state index in [2.05, 4.69) is 16.2 Å². The van der Waals surface area contributed by atoms with Crippen LogP contribution < -0.4 is 16.2 Å². The molecule has 0 radical (unpaired) electrons. The Labute approximate surface area is 177 Å². The van der Waals surface area contributed by atoms with Crippen molar-refractivity contribution in [3.05, 3.63) is 81.8 Å². The first kappa shape index (κ1) is 20.6. The predicted molar refractivity (Wildman–Crippen MR) is 113 cm³/mol. The first-order chi connectivity index (χ1) is 13.9. The molecule has 8 heteroatoms. The van der Waals surface area contributed by atoms with Crippen molar-refractivity contribution >= 4 is 51.7 Å². The number of fused-ring (bicyclic) bond motifs is 1. The van der Waals surface area contributed by atoms with E-state index in [0.717, 1.165) is 16.3 Å². The van der Waals surface area contributed by atoms with Crippen molar-refractivity contribution in [2.45, 2.75) is 6.42 Å². The largest absolute Gasteiger partial charge is 0.347 e. The average molecular weight is 430 g/mol. The van der Waals surface area contributed by atoms with Gasteiger partial charge in [0.15, 0.2) is 0 Å². The van der Waals surface area contributed by atoms with Crippen molar-refractivity contribution < 1.29 is 14.4 Å². The lowest BCUT2D eigenvalue weighted by molar-refractivity contribution is -0.126. The lowest BCUT2D eigenvalue weighted by Gasteiger charge is -2.10. The highest BCUT2D eigenvalue weighted by Gasteiger charge is 2.13. The van der Waals surface area contributed by atoms with Crippen molar-refractivity contribution in [1.82, 2.24) is 16.2 Å². The zero-order valence-electron chi connectivity index (χ0n) is 15.2. The number of hydrogen-bond acceptors (Lipinski definition) is 3. The van der Waals surface area contributed by atoms with Crippen LogP contribution in [0.5, 0.6) is 0 Å². The fourth-order valence-electron chi connectivity index (χ4n) is 2.77. The summed E-state index contributed by atoms with van der Waals surface area (Å²) in [5.41, 5.74) is 5.44. The van der Waals surface area contributed by atoms with E-state index in [9.17, 15) is 14.4 Å². The fraction of sp³-hybridized carbons (Fsp3) is 0.0952. The standard InChI is InChI=1S/C21H17Cl2N3O3/c22-15-8-9-18(23)17(11-15)21(29)26-25-20(28)12-24-19(27)10-14-6-3-5-13-4-1-2-7-16(13)14/h1-9,11H,10,12H2,(H,24,27)(H,25,28)(H,26,29). The molecule has 0 saturated heterocycles. The van der Waals surface area contributed by atoms with Crippen LogP contribution in [0.2, 0.25) is 10.0 Å². The van der Waals surface area contributed by atoms with Crippen molar-refractivity contribution in [2.75, 3.05) is 6.54 Å².